The van der Waals surface area contributed by atoms with E-state index in [0.717, 1.165) is 5.56 Å². The molecule has 0 aliphatic heterocycles. The molecule has 0 aliphatic rings. The average molecular weight is 219 g/mol. The van der Waals surface area contributed by atoms with Gasteiger partial charge in [0.1, 0.15) is 0 Å². The molecule has 0 bridgehead atoms. The van der Waals surface area contributed by atoms with Gasteiger partial charge in [-0.05, 0) is 18.2 Å². The fourth-order valence-corrected chi connectivity index (χ4v) is 1.35. The Morgan fingerprint density at radius 1 is 1.08 bits per heavy atom. The minimum absolute atomic E-state index is 0.310. The molecule has 1 aromatic carbocycles. The Labute approximate surface area is 86.4 Å². The first-order valence-electron chi connectivity index (χ1n) is 3.23. The largest absolute Gasteiger partial charge is 0.113 e. The molecule has 0 unspecified atom stereocenters. The van der Waals surface area contributed by atoms with Gasteiger partial charge in [0, 0.05) is 15.6 Å². The summed E-state index contributed by atoms with van der Waals surface area (Å²) in [4.78, 5) is 0. The lowest BCUT2D eigenvalue weighted by Gasteiger charge is -1.93. The predicted molar refractivity (Wildman–Crippen MR) is 54.1 cm³/mol. The fraction of sp³-hybridized carbons (Fsp3) is 0.111. The van der Waals surface area contributed by atoms with Crippen LogP contribution in [0.15, 0.2) is 18.2 Å². The van der Waals surface area contributed by atoms with Gasteiger partial charge < -0.3 is 0 Å². The van der Waals surface area contributed by atoms with E-state index in [9.17, 15) is 0 Å². The second-order valence-corrected chi connectivity index (χ2v) is 3.23. The lowest BCUT2D eigenvalue weighted by Crippen LogP contribution is -1.75. The molecule has 0 aliphatic carbocycles. The fourth-order valence-electron chi connectivity index (χ4n) is 0.761. The van der Waals surface area contributed by atoms with Gasteiger partial charge >= 0.3 is 0 Å². The first-order valence-corrected chi connectivity index (χ1v) is 4.52. The minimum Gasteiger partial charge on any atom is -0.113 e. The average Bonchev–Trinajstić information content (AvgIpc) is 1.99. The van der Waals surface area contributed by atoms with E-state index in [1.165, 1.54) is 0 Å². The van der Waals surface area contributed by atoms with E-state index in [1.807, 2.05) is 0 Å². The number of rotatable bonds is 0. The molecule has 0 spiro atoms. The van der Waals surface area contributed by atoms with Crippen LogP contribution in [0.25, 0.3) is 0 Å². The predicted octanol–water partition coefficient (Wildman–Crippen LogP) is 3.58. The molecule has 12 heavy (non-hydrogen) atoms. The minimum atomic E-state index is 0.310. The summed E-state index contributed by atoms with van der Waals surface area (Å²) in [5, 5.41) is 1.17. The number of hydrogen-bond acceptors (Lipinski definition) is 0. The Morgan fingerprint density at radius 2 is 1.67 bits per heavy atom. The molecular formula is C9H5Cl3. The summed E-state index contributed by atoms with van der Waals surface area (Å²) in [5.74, 6) is 5.85. The summed E-state index contributed by atoms with van der Waals surface area (Å²) in [6.07, 6.45) is 0. The third kappa shape index (κ3) is 2.95. The summed E-state index contributed by atoms with van der Waals surface area (Å²) in [5.41, 5.74) is 0.785. The molecular weight excluding hydrogens is 214 g/mol. The van der Waals surface area contributed by atoms with Crippen molar-refractivity contribution in [3.63, 3.8) is 0 Å². The van der Waals surface area contributed by atoms with Crippen molar-refractivity contribution in [1.29, 1.82) is 0 Å². The summed E-state index contributed by atoms with van der Waals surface area (Å²) in [6.45, 7) is 0. The topological polar surface area (TPSA) is 0 Å². The number of halogens is 3. The summed E-state index contributed by atoms with van der Waals surface area (Å²) in [6, 6.07) is 5.15. The highest BCUT2D eigenvalue weighted by Gasteiger charge is 1.93. The zero-order valence-corrected chi connectivity index (χ0v) is 8.34. The Morgan fingerprint density at radius 3 is 2.17 bits per heavy atom. The van der Waals surface area contributed by atoms with E-state index < -0.39 is 0 Å². The van der Waals surface area contributed by atoms with Crippen LogP contribution in [-0.2, 0) is 0 Å². The van der Waals surface area contributed by atoms with Crippen molar-refractivity contribution in [2.75, 3.05) is 5.88 Å². The molecule has 0 saturated heterocycles. The molecule has 0 radical (unpaired) electrons. The molecule has 0 saturated carbocycles. The van der Waals surface area contributed by atoms with Crippen molar-refractivity contribution in [3.05, 3.63) is 33.8 Å². The molecule has 0 fully saturated rings. The van der Waals surface area contributed by atoms with Crippen LogP contribution in [0.3, 0.4) is 0 Å². The zero-order chi connectivity index (χ0) is 8.97. The molecule has 0 aromatic heterocycles. The highest BCUT2D eigenvalue weighted by molar-refractivity contribution is 6.34. The molecule has 1 rings (SSSR count). The van der Waals surface area contributed by atoms with Crippen LogP contribution < -0.4 is 0 Å². The molecule has 0 amide bonds. The van der Waals surface area contributed by atoms with Crippen molar-refractivity contribution >= 4 is 34.8 Å². The molecule has 0 atom stereocenters. The molecule has 1 aromatic rings. The molecule has 0 heterocycles. The van der Waals surface area contributed by atoms with Gasteiger partial charge in [0.15, 0.2) is 0 Å². The molecule has 0 N–H and O–H groups in total. The van der Waals surface area contributed by atoms with Gasteiger partial charge in [-0.1, -0.05) is 35.0 Å². The standard InChI is InChI=1S/C9H5Cl3/c10-3-1-2-7-4-8(11)6-9(12)5-7/h4-6H,3H2. The number of hydrogen-bond donors (Lipinski definition) is 0. The van der Waals surface area contributed by atoms with Crippen LogP contribution in [0, 0.1) is 11.8 Å². The lowest BCUT2D eigenvalue weighted by atomic mass is 10.2. The highest BCUT2D eigenvalue weighted by atomic mass is 35.5. The van der Waals surface area contributed by atoms with Crippen LogP contribution in [0.4, 0.5) is 0 Å². The molecule has 62 valence electrons. The molecule has 0 nitrogen and oxygen atoms in total. The van der Waals surface area contributed by atoms with E-state index in [0.29, 0.717) is 15.9 Å². The van der Waals surface area contributed by atoms with Crippen molar-refractivity contribution < 1.29 is 0 Å². The van der Waals surface area contributed by atoms with Gasteiger partial charge in [0.2, 0.25) is 0 Å². The Bertz CT molecular complexity index is 313. The van der Waals surface area contributed by atoms with Crippen LogP contribution in [-0.4, -0.2) is 5.88 Å². The molecule has 3 heteroatoms. The monoisotopic (exact) mass is 218 g/mol. The summed E-state index contributed by atoms with van der Waals surface area (Å²) >= 11 is 16.9. The normalized spacial score (nSPS) is 8.92. The Hall–Kier alpha value is -0.350. The van der Waals surface area contributed by atoms with E-state index in [-0.39, 0.29) is 0 Å². The number of benzene rings is 1. The van der Waals surface area contributed by atoms with Crippen LogP contribution in [0.5, 0.6) is 0 Å². The van der Waals surface area contributed by atoms with E-state index in [4.69, 9.17) is 34.8 Å². The van der Waals surface area contributed by atoms with Crippen LogP contribution in [0.2, 0.25) is 10.0 Å². The maximum absolute atomic E-state index is 5.74. The van der Waals surface area contributed by atoms with Gasteiger partial charge in [-0.3, -0.25) is 0 Å². The van der Waals surface area contributed by atoms with Gasteiger partial charge in [0.25, 0.3) is 0 Å². The van der Waals surface area contributed by atoms with E-state index in [1.54, 1.807) is 18.2 Å². The van der Waals surface area contributed by atoms with Gasteiger partial charge in [-0.15, -0.1) is 11.6 Å². The maximum atomic E-state index is 5.74. The summed E-state index contributed by atoms with van der Waals surface area (Å²) in [7, 11) is 0. The Balaban J connectivity index is 3.01. The lowest BCUT2D eigenvalue weighted by molar-refractivity contribution is 1.64. The zero-order valence-electron chi connectivity index (χ0n) is 6.07. The first kappa shape index (κ1) is 9.74. The van der Waals surface area contributed by atoms with Crippen molar-refractivity contribution in [2.45, 2.75) is 0 Å². The van der Waals surface area contributed by atoms with Gasteiger partial charge in [0.05, 0.1) is 5.88 Å². The third-order valence-corrected chi connectivity index (χ3v) is 1.73. The Kier molecular flexibility index (Phi) is 3.75. The van der Waals surface area contributed by atoms with Crippen molar-refractivity contribution in [3.8, 4) is 11.8 Å². The van der Waals surface area contributed by atoms with Gasteiger partial charge in [-0.2, -0.15) is 0 Å². The van der Waals surface area contributed by atoms with Gasteiger partial charge in [-0.25, -0.2) is 0 Å². The smallest absolute Gasteiger partial charge is 0.0839 e. The maximum Gasteiger partial charge on any atom is 0.0839 e. The van der Waals surface area contributed by atoms with Crippen molar-refractivity contribution in [1.82, 2.24) is 0 Å². The quantitative estimate of drug-likeness (QED) is 0.462. The summed E-state index contributed by atoms with van der Waals surface area (Å²) < 4.78 is 0. The van der Waals surface area contributed by atoms with E-state index in [2.05, 4.69) is 11.8 Å². The second-order valence-electron chi connectivity index (χ2n) is 2.09. The van der Waals surface area contributed by atoms with Crippen molar-refractivity contribution in [2.24, 2.45) is 0 Å². The van der Waals surface area contributed by atoms with Crippen LogP contribution in [0.1, 0.15) is 5.56 Å². The highest BCUT2D eigenvalue weighted by Crippen LogP contribution is 2.18. The van der Waals surface area contributed by atoms with E-state index >= 15 is 0 Å². The first-order chi connectivity index (χ1) is 5.72. The second kappa shape index (κ2) is 4.62. The SMILES string of the molecule is ClCC#Cc1cc(Cl)cc(Cl)c1. The number of alkyl halides is 1. The third-order valence-electron chi connectivity index (χ3n) is 1.16. The van der Waals surface area contributed by atoms with Crippen LogP contribution >= 0.6 is 34.8 Å².